The second-order valence-electron chi connectivity index (χ2n) is 3.07. The molecule has 0 aromatic rings. The number of hydrogen-bond acceptors (Lipinski definition) is 3. The van der Waals surface area contributed by atoms with Gasteiger partial charge in [-0.15, -0.1) is 0 Å². The molecule has 0 amide bonds. The smallest absolute Gasteiger partial charge is 0.271 e. The third-order valence-corrected chi connectivity index (χ3v) is 2.26. The molecule has 0 saturated heterocycles. The van der Waals surface area contributed by atoms with E-state index < -0.39 is 17.9 Å². The van der Waals surface area contributed by atoms with Crippen LogP contribution >= 0.6 is 0 Å². The van der Waals surface area contributed by atoms with E-state index in [2.05, 4.69) is 0 Å². The number of nitrogens with zero attached hydrogens (tertiary/aromatic N) is 3. The van der Waals surface area contributed by atoms with E-state index in [1.807, 2.05) is 0 Å². The molecule has 0 radical (unpaired) electrons. The van der Waals surface area contributed by atoms with Crippen LogP contribution in [0.15, 0.2) is 0 Å². The average molecular weight is 237 g/mol. The maximum atomic E-state index is 13.2. The first kappa shape index (κ1) is 14.7. The van der Waals surface area contributed by atoms with Gasteiger partial charge in [-0.1, -0.05) is 13.8 Å². The molecule has 0 spiro atoms. The van der Waals surface area contributed by atoms with Gasteiger partial charge in [0.25, 0.3) is 0 Å². The van der Waals surface area contributed by atoms with Crippen LogP contribution in [-0.4, -0.2) is 35.9 Å². The molecule has 0 saturated carbocycles. The van der Waals surface area contributed by atoms with Crippen molar-refractivity contribution in [1.29, 1.82) is 10.5 Å². The Morgan fingerprint density at radius 2 is 1.50 bits per heavy atom. The van der Waals surface area contributed by atoms with Crippen LogP contribution in [0.1, 0.15) is 13.8 Å². The number of rotatable bonds is 4. The zero-order valence-corrected chi connectivity index (χ0v) is 8.85. The van der Waals surface area contributed by atoms with Crippen molar-refractivity contribution in [3.63, 3.8) is 0 Å². The molecule has 0 heterocycles. The highest BCUT2D eigenvalue weighted by molar-refractivity contribution is 5.27. The molecular formula is C9H11F4N3. The van der Waals surface area contributed by atoms with E-state index in [9.17, 15) is 17.6 Å². The van der Waals surface area contributed by atoms with Gasteiger partial charge in [0.1, 0.15) is 12.1 Å². The maximum Gasteiger partial charge on any atom is 0.423 e. The standard InChI is InChI=1S/C9H11F4N3/c1-3-16(4-2)8(5-14,6-15)7(10)9(11,12)13/h7H,3-4H2,1-2H3. The Morgan fingerprint density at radius 1 is 1.12 bits per heavy atom. The molecule has 1 unspecified atom stereocenters. The van der Waals surface area contributed by atoms with Crippen LogP contribution in [0.5, 0.6) is 0 Å². The topological polar surface area (TPSA) is 50.8 Å². The fraction of sp³-hybridized carbons (Fsp3) is 0.778. The molecular weight excluding hydrogens is 226 g/mol. The third-order valence-electron chi connectivity index (χ3n) is 2.26. The highest BCUT2D eigenvalue weighted by atomic mass is 19.4. The van der Waals surface area contributed by atoms with Crippen LogP contribution < -0.4 is 0 Å². The van der Waals surface area contributed by atoms with Gasteiger partial charge in [-0.2, -0.15) is 23.7 Å². The molecule has 0 N–H and O–H groups in total. The molecule has 0 aromatic heterocycles. The Balaban J connectivity index is 5.46. The summed E-state index contributed by atoms with van der Waals surface area (Å²) in [6.45, 7) is 2.87. The summed E-state index contributed by atoms with van der Waals surface area (Å²) in [5.41, 5.74) is -2.80. The molecule has 3 nitrogen and oxygen atoms in total. The van der Waals surface area contributed by atoms with Crippen molar-refractivity contribution in [3.8, 4) is 12.1 Å². The summed E-state index contributed by atoms with van der Waals surface area (Å²) in [4.78, 5) is 0.852. The van der Waals surface area contributed by atoms with Crippen molar-refractivity contribution < 1.29 is 17.6 Å². The number of halogens is 4. The van der Waals surface area contributed by atoms with E-state index in [0.29, 0.717) is 0 Å². The quantitative estimate of drug-likeness (QED) is 0.703. The fourth-order valence-electron chi connectivity index (χ4n) is 1.40. The molecule has 0 fully saturated rings. The number of hydrogen-bond donors (Lipinski definition) is 0. The second kappa shape index (κ2) is 5.13. The minimum atomic E-state index is -5.23. The molecule has 0 aliphatic carbocycles. The van der Waals surface area contributed by atoms with E-state index in [0.717, 1.165) is 17.0 Å². The highest BCUT2D eigenvalue weighted by Gasteiger charge is 2.58. The lowest BCUT2D eigenvalue weighted by atomic mass is 9.94. The molecule has 7 heteroatoms. The van der Waals surface area contributed by atoms with E-state index in [4.69, 9.17) is 10.5 Å². The summed E-state index contributed by atoms with van der Waals surface area (Å²) in [6.07, 6.45) is -8.73. The number of nitriles is 2. The Labute approximate surface area is 90.9 Å². The van der Waals surface area contributed by atoms with E-state index in [1.165, 1.54) is 13.8 Å². The van der Waals surface area contributed by atoms with Crippen LogP contribution in [0.2, 0.25) is 0 Å². The molecule has 0 rings (SSSR count). The monoisotopic (exact) mass is 237 g/mol. The van der Waals surface area contributed by atoms with Gasteiger partial charge in [-0.3, -0.25) is 4.90 Å². The second-order valence-corrected chi connectivity index (χ2v) is 3.07. The first-order valence-corrected chi connectivity index (χ1v) is 4.58. The van der Waals surface area contributed by atoms with Gasteiger partial charge in [-0.05, 0) is 13.1 Å². The van der Waals surface area contributed by atoms with Crippen LogP contribution in [-0.2, 0) is 0 Å². The lowest BCUT2D eigenvalue weighted by Gasteiger charge is -2.34. The van der Waals surface area contributed by atoms with Crippen molar-refractivity contribution in [2.75, 3.05) is 13.1 Å². The third kappa shape index (κ3) is 2.42. The predicted octanol–water partition coefficient (Wildman–Crippen LogP) is 2.01. The van der Waals surface area contributed by atoms with Gasteiger partial charge in [-0.25, -0.2) is 4.39 Å². The van der Waals surface area contributed by atoms with Crippen LogP contribution in [0.4, 0.5) is 17.6 Å². The Hall–Kier alpha value is -1.34. The van der Waals surface area contributed by atoms with Gasteiger partial charge in [0.2, 0.25) is 11.7 Å². The minimum absolute atomic E-state index is 0.0197. The van der Waals surface area contributed by atoms with Crippen molar-refractivity contribution in [1.82, 2.24) is 4.90 Å². The predicted molar refractivity (Wildman–Crippen MR) is 47.8 cm³/mol. The summed E-state index contributed by atoms with van der Waals surface area (Å²) in [5, 5.41) is 17.4. The molecule has 1 atom stereocenters. The zero-order chi connectivity index (χ0) is 13.0. The van der Waals surface area contributed by atoms with Crippen molar-refractivity contribution in [2.24, 2.45) is 0 Å². The van der Waals surface area contributed by atoms with Crippen LogP contribution in [0.25, 0.3) is 0 Å². The fourth-order valence-corrected chi connectivity index (χ4v) is 1.40. The first-order valence-electron chi connectivity index (χ1n) is 4.58. The summed E-state index contributed by atoms with van der Waals surface area (Å²) >= 11 is 0. The summed E-state index contributed by atoms with van der Waals surface area (Å²) in [5.74, 6) is 0. The summed E-state index contributed by atoms with van der Waals surface area (Å²) in [7, 11) is 0. The maximum absolute atomic E-state index is 13.2. The largest absolute Gasteiger partial charge is 0.423 e. The Bertz CT molecular complexity index is 294. The molecule has 16 heavy (non-hydrogen) atoms. The molecule has 0 aliphatic heterocycles. The lowest BCUT2D eigenvalue weighted by Crippen LogP contribution is -2.58. The average Bonchev–Trinajstić information content (AvgIpc) is 2.24. The Kier molecular flexibility index (Phi) is 4.70. The van der Waals surface area contributed by atoms with Gasteiger partial charge < -0.3 is 0 Å². The van der Waals surface area contributed by atoms with Crippen molar-refractivity contribution in [3.05, 3.63) is 0 Å². The van der Waals surface area contributed by atoms with Gasteiger partial charge in [0.05, 0.1) is 0 Å². The normalized spacial score (nSPS) is 14.3. The highest BCUT2D eigenvalue weighted by Crippen LogP contribution is 2.34. The van der Waals surface area contributed by atoms with E-state index in [1.54, 1.807) is 0 Å². The Morgan fingerprint density at radius 3 is 1.69 bits per heavy atom. The van der Waals surface area contributed by atoms with Gasteiger partial charge in [0, 0.05) is 0 Å². The van der Waals surface area contributed by atoms with E-state index >= 15 is 0 Å². The number of alkyl halides is 4. The lowest BCUT2D eigenvalue weighted by molar-refractivity contribution is -0.200. The molecule has 0 aromatic carbocycles. The van der Waals surface area contributed by atoms with Crippen LogP contribution in [0, 0.1) is 22.7 Å². The first-order chi connectivity index (χ1) is 7.30. The van der Waals surface area contributed by atoms with Crippen molar-refractivity contribution >= 4 is 0 Å². The van der Waals surface area contributed by atoms with E-state index in [-0.39, 0.29) is 13.1 Å². The molecule has 90 valence electrons. The van der Waals surface area contributed by atoms with Gasteiger partial charge in [0.15, 0.2) is 0 Å². The van der Waals surface area contributed by atoms with Crippen molar-refractivity contribution in [2.45, 2.75) is 31.7 Å². The summed E-state index contributed by atoms with van der Waals surface area (Å²) < 4.78 is 50.0. The van der Waals surface area contributed by atoms with Gasteiger partial charge >= 0.3 is 6.18 Å². The molecule has 0 aliphatic rings. The minimum Gasteiger partial charge on any atom is -0.271 e. The summed E-state index contributed by atoms with van der Waals surface area (Å²) in [6, 6.07) is 2.29. The van der Waals surface area contributed by atoms with Crippen LogP contribution in [0.3, 0.4) is 0 Å². The SMILES string of the molecule is CCN(CC)C(C#N)(C#N)C(F)C(F)(F)F. The molecule has 0 bridgehead atoms. The zero-order valence-electron chi connectivity index (χ0n) is 8.85.